The molecule has 1 atom stereocenters. The molecule has 0 spiro atoms. The topological polar surface area (TPSA) is 52.3 Å². The zero-order valence-corrected chi connectivity index (χ0v) is 8.98. The van der Waals surface area contributed by atoms with Crippen LogP contribution in [0.1, 0.15) is 12.5 Å². The molecule has 0 heterocycles. The van der Waals surface area contributed by atoms with Crippen LogP contribution in [0.4, 0.5) is 0 Å². The van der Waals surface area contributed by atoms with Crippen LogP contribution in [0.3, 0.4) is 0 Å². The van der Waals surface area contributed by atoms with Crippen LogP contribution in [0.15, 0.2) is 30.3 Å². The van der Waals surface area contributed by atoms with E-state index in [2.05, 4.69) is 0 Å². The Labute approximate surface area is 90.2 Å². The van der Waals surface area contributed by atoms with Gasteiger partial charge in [-0.25, -0.2) is 0 Å². The summed E-state index contributed by atoms with van der Waals surface area (Å²) in [4.78, 5) is 11.5. The monoisotopic (exact) mass is 207 g/mol. The maximum absolute atomic E-state index is 11.5. The van der Waals surface area contributed by atoms with Gasteiger partial charge in [0, 0.05) is 6.61 Å². The summed E-state index contributed by atoms with van der Waals surface area (Å²) in [5.41, 5.74) is 6.84. The van der Waals surface area contributed by atoms with Crippen molar-refractivity contribution in [1.82, 2.24) is 0 Å². The van der Waals surface area contributed by atoms with Crippen molar-refractivity contribution in [3.8, 4) is 0 Å². The Morgan fingerprint density at radius 3 is 2.67 bits per heavy atom. The van der Waals surface area contributed by atoms with Crippen LogP contribution in [0.25, 0.3) is 0 Å². The molecule has 0 aliphatic heterocycles. The third-order valence-electron chi connectivity index (χ3n) is 2.16. The summed E-state index contributed by atoms with van der Waals surface area (Å²) in [6.45, 7) is 2.52. The third-order valence-corrected chi connectivity index (χ3v) is 2.16. The van der Waals surface area contributed by atoms with Crippen molar-refractivity contribution >= 4 is 5.78 Å². The highest BCUT2D eigenvalue weighted by atomic mass is 16.5. The van der Waals surface area contributed by atoms with Crippen molar-refractivity contribution in [2.45, 2.75) is 19.4 Å². The summed E-state index contributed by atoms with van der Waals surface area (Å²) in [5.74, 6) is -0.0410. The molecule has 1 rings (SSSR count). The lowest BCUT2D eigenvalue weighted by Crippen LogP contribution is -2.35. The summed E-state index contributed by atoms with van der Waals surface area (Å²) < 4.78 is 5.02. The molecule has 1 unspecified atom stereocenters. The van der Waals surface area contributed by atoms with Gasteiger partial charge in [0.05, 0.1) is 6.04 Å². The lowest BCUT2D eigenvalue weighted by atomic mass is 10.0. The summed E-state index contributed by atoms with van der Waals surface area (Å²) in [7, 11) is 0. The van der Waals surface area contributed by atoms with E-state index < -0.39 is 6.04 Å². The normalized spacial score (nSPS) is 12.4. The number of Topliss-reactive ketones (excluding diaryl/α,β-unsaturated/α-hetero) is 1. The van der Waals surface area contributed by atoms with Crippen LogP contribution < -0.4 is 5.73 Å². The molecule has 0 bridgehead atoms. The molecule has 0 fully saturated rings. The van der Waals surface area contributed by atoms with Crippen LogP contribution in [-0.4, -0.2) is 25.0 Å². The maximum atomic E-state index is 11.5. The van der Waals surface area contributed by atoms with Crippen molar-refractivity contribution < 1.29 is 9.53 Å². The summed E-state index contributed by atoms with van der Waals surface area (Å²) in [6, 6.07) is 9.29. The molecule has 0 saturated carbocycles. The minimum absolute atomic E-state index is 0.0410. The number of ether oxygens (including phenoxy) is 1. The first-order chi connectivity index (χ1) is 7.24. The van der Waals surface area contributed by atoms with Crippen LogP contribution >= 0.6 is 0 Å². The van der Waals surface area contributed by atoms with Gasteiger partial charge in [0.25, 0.3) is 0 Å². The van der Waals surface area contributed by atoms with Crippen LogP contribution in [0.2, 0.25) is 0 Å². The second kappa shape index (κ2) is 6.32. The molecule has 3 heteroatoms. The third kappa shape index (κ3) is 4.23. The predicted molar refractivity (Wildman–Crippen MR) is 59.6 cm³/mol. The van der Waals surface area contributed by atoms with Crippen LogP contribution in [0, 0.1) is 0 Å². The van der Waals surface area contributed by atoms with Crippen molar-refractivity contribution in [2.75, 3.05) is 13.2 Å². The van der Waals surface area contributed by atoms with Gasteiger partial charge in [-0.15, -0.1) is 0 Å². The number of carbonyl (C=O) groups excluding carboxylic acids is 1. The highest BCUT2D eigenvalue weighted by Crippen LogP contribution is 2.02. The Hall–Kier alpha value is -1.19. The van der Waals surface area contributed by atoms with Crippen molar-refractivity contribution in [1.29, 1.82) is 0 Å². The number of benzene rings is 1. The molecule has 15 heavy (non-hydrogen) atoms. The highest BCUT2D eigenvalue weighted by Gasteiger charge is 2.13. The fourth-order valence-corrected chi connectivity index (χ4v) is 1.29. The molecular formula is C12H17NO2. The molecule has 82 valence electrons. The SMILES string of the molecule is CCOCC(=O)C(N)Cc1ccccc1. The average Bonchev–Trinajstić information content (AvgIpc) is 2.27. The van der Waals surface area contributed by atoms with Gasteiger partial charge in [0.2, 0.25) is 0 Å². The molecule has 2 N–H and O–H groups in total. The summed E-state index contributed by atoms with van der Waals surface area (Å²) >= 11 is 0. The standard InChI is InChI=1S/C12H17NO2/c1-2-15-9-12(14)11(13)8-10-6-4-3-5-7-10/h3-7,11H,2,8-9,13H2,1H3. The summed E-state index contributed by atoms with van der Waals surface area (Å²) in [6.07, 6.45) is 0.576. The van der Waals surface area contributed by atoms with E-state index in [4.69, 9.17) is 10.5 Å². The minimum Gasteiger partial charge on any atom is -0.374 e. The Balaban J connectivity index is 2.41. The molecule has 3 nitrogen and oxygen atoms in total. The number of hydrogen-bond acceptors (Lipinski definition) is 3. The van der Waals surface area contributed by atoms with Gasteiger partial charge >= 0.3 is 0 Å². The van der Waals surface area contributed by atoms with E-state index >= 15 is 0 Å². The molecule has 1 aromatic carbocycles. The van der Waals surface area contributed by atoms with Gasteiger partial charge in [0.15, 0.2) is 5.78 Å². The van der Waals surface area contributed by atoms with E-state index in [9.17, 15) is 4.79 Å². The fourth-order valence-electron chi connectivity index (χ4n) is 1.29. The van der Waals surface area contributed by atoms with Gasteiger partial charge in [-0.1, -0.05) is 30.3 Å². The van der Waals surface area contributed by atoms with Gasteiger partial charge in [-0.2, -0.15) is 0 Å². The van der Waals surface area contributed by atoms with Crippen molar-refractivity contribution in [3.05, 3.63) is 35.9 Å². The Morgan fingerprint density at radius 1 is 1.40 bits per heavy atom. The van der Waals surface area contributed by atoms with Gasteiger partial charge in [-0.05, 0) is 18.9 Å². The number of nitrogens with two attached hydrogens (primary N) is 1. The second-order valence-corrected chi connectivity index (χ2v) is 3.40. The van der Waals surface area contributed by atoms with Gasteiger partial charge in [0.1, 0.15) is 6.61 Å². The van der Waals surface area contributed by atoms with E-state index in [1.807, 2.05) is 37.3 Å². The first-order valence-corrected chi connectivity index (χ1v) is 5.14. The highest BCUT2D eigenvalue weighted by molar-refractivity contribution is 5.85. The van der Waals surface area contributed by atoms with Crippen LogP contribution in [0.5, 0.6) is 0 Å². The number of carbonyl (C=O) groups is 1. The minimum atomic E-state index is -0.459. The molecular weight excluding hydrogens is 190 g/mol. The van der Waals surface area contributed by atoms with Gasteiger partial charge in [-0.3, -0.25) is 4.79 Å². The van der Waals surface area contributed by atoms with E-state index in [1.165, 1.54) is 0 Å². The fraction of sp³-hybridized carbons (Fsp3) is 0.417. The number of rotatable bonds is 6. The predicted octanol–water partition coefficient (Wildman–Crippen LogP) is 1.16. The number of ketones is 1. The van der Waals surface area contributed by atoms with Crippen molar-refractivity contribution in [3.63, 3.8) is 0 Å². The first-order valence-electron chi connectivity index (χ1n) is 5.14. The lowest BCUT2D eigenvalue weighted by Gasteiger charge is -2.10. The van der Waals surface area contributed by atoms with Gasteiger partial charge < -0.3 is 10.5 Å². The van der Waals surface area contributed by atoms with E-state index in [0.717, 1.165) is 5.56 Å². The zero-order chi connectivity index (χ0) is 11.1. The van der Waals surface area contributed by atoms with E-state index in [-0.39, 0.29) is 12.4 Å². The van der Waals surface area contributed by atoms with E-state index in [1.54, 1.807) is 0 Å². The molecule has 0 aliphatic carbocycles. The van der Waals surface area contributed by atoms with Crippen LogP contribution in [-0.2, 0) is 16.0 Å². The Kier molecular flexibility index (Phi) is 5.01. The molecule has 0 aromatic heterocycles. The van der Waals surface area contributed by atoms with Crippen molar-refractivity contribution in [2.24, 2.45) is 5.73 Å². The van der Waals surface area contributed by atoms with E-state index in [0.29, 0.717) is 13.0 Å². The lowest BCUT2D eigenvalue weighted by molar-refractivity contribution is -0.124. The molecule has 1 aromatic rings. The smallest absolute Gasteiger partial charge is 0.175 e. The molecule has 0 saturated heterocycles. The average molecular weight is 207 g/mol. The maximum Gasteiger partial charge on any atom is 0.175 e. The quantitative estimate of drug-likeness (QED) is 0.761. The first kappa shape index (κ1) is 11.9. The Bertz CT molecular complexity index is 298. The zero-order valence-electron chi connectivity index (χ0n) is 8.98. The second-order valence-electron chi connectivity index (χ2n) is 3.40. The molecule has 0 radical (unpaired) electrons. The number of hydrogen-bond donors (Lipinski definition) is 1. The molecule has 0 amide bonds. The largest absolute Gasteiger partial charge is 0.374 e. The summed E-state index contributed by atoms with van der Waals surface area (Å²) in [5, 5.41) is 0. The molecule has 0 aliphatic rings. The Morgan fingerprint density at radius 2 is 2.07 bits per heavy atom.